The molecule has 0 amide bonds. The lowest BCUT2D eigenvalue weighted by Crippen LogP contribution is -2.37. The van der Waals surface area contributed by atoms with Gasteiger partial charge in [-0.25, -0.2) is 0 Å². The number of β-amino-alcohol motifs (C(OH)–C–C–N with tert-alkyl or cyclic N) is 1. The number of aliphatic hydroxyl groups is 1. The predicted octanol–water partition coefficient (Wildman–Crippen LogP) is 2.35. The summed E-state index contributed by atoms with van der Waals surface area (Å²) < 4.78 is 5.66. The van der Waals surface area contributed by atoms with Crippen LogP contribution in [0.5, 0.6) is 0 Å². The van der Waals surface area contributed by atoms with E-state index in [4.69, 9.17) is 16.0 Å². The van der Waals surface area contributed by atoms with Crippen LogP contribution in [0.4, 0.5) is 0 Å². The average Bonchev–Trinajstić information content (AvgIpc) is 2.87. The van der Waals surface area contributed by atoms with Crippen molar-refractivity contribution in [2.45, 2.75) is 25.5 Å². The second-order valence-corrected chi connectivity index (χ2v) is 5.42. The Balaban J connectivity index is 1.72. The third-order valence-corrected chi connectivity index (χ3v) is 3.74. The minimum Gasteiger partial charge on any atom is -0.419 e. The molecule has 0 spiro atoms. The molecule has 1 unspecified atom stereocenters. The van der Waals surface area contributed by atoms with E-state index in [0.29, 0.717) is 29.9 Å². The van der Waals surface area contributed by atoms with Crippen molar-refractivity contribution in [3.8, 4) is 11.5 Å². The zero-order chi connectivity index (χ0) is 13.9. The molecule has 0 aliphatic carbocycles. The van der Waals surface area contributed by atoms with Crippen LogP contribution >= 0.6 is 11.6 Å². The molecule has 3 rings (SSSR count). The van der Waals surface area contributed by atoms with Gasteiger partial charge in [0.15, 0.2) is 0 Å². The van der Waals surface area contributed by atoms with Gasteiger partial charge in [0.25, 0.3) is 0 Å². The monoisotopic (exact) mass is 293 g/mol. The Morgan fingerprint density at radius 3 is 3.00 bits per heavy atom. The van der Waals surface area contributed by atoms with Gasteiger partial charge in [-0.3, -0.25) is 4.90 Å². The highest BCUT2D eigenvalue weighted by Crippen LogP contribution is 2.26. The Bertz CT molecular complexity index is 587. The van der Waals surface area contributed by atoms with Crippen LogP contribution in [-0.4, -0.2) is 39.4 Å². The van der Waals surface area contributed by atoms with Crippen molar-refractivity contribution >= 4 is 11.6 Å². The van der Waals surface area contributed by atoms with Crippen LogP contribution < -0.4 is 0 Å². The molecule has 20 heavy (non-hydrogen) atoms. The Labute approximate surface area is 122 Å². The first-order valence-corrected chi connectivity index (χ1v) is 7.08. The van der Waals surface area contributed by atoms with E-state index < -0.39 is 0 Å². The number of piperidine rings is 1. The zero-order valence-electron chi connectivity index (χ0n) is 11.0. The van der Waals surface area contributed by atoms with Crippen LogP contribution in [0.2, 0.25) is 5.02 Å². The lowest BCUT2D eigenvalue weighted by molar-refractivity contribution is 0.0625. The van der Waals surface area contributed by atoms with E-state index in [-0.39, 0.29) is 6.10 Å². The smallest absolute Gasteiger partial charge is 0.249 e. The number of halogens is 1. The summed E-state index contributed by atoms with van der Waals surface area (Å²) in [7, 11) is 0. The number of benzene rings is 1. The quantitative estimate of drug-likeness (QED) is 0.941. The van der Waals surface area contributed by atoms with Crippen molar-refractivity contribution in [1.82, 2.24) is 15.1 Å². The summed E-state index contributed by atoms with van der Waals surface area (Å²) in [5.41, 5.74) is 0.742. The number of aliphatic hydroxyl groups excluding tert-OH is 1. The molecule has 1 saturated heterocycles. The summed E-state index contributed by atoms with van der Waals surface area (Å²) in [4.78, 5) is 2.12. The highest BCUT2D eigenvalue weighted by molar-refractivity contribution is 6.33. The van der Waals surface area contributed by atoms with Crippen LogP contribution in [0.15, 0.2) is 28.7 Å². The van der Waals surface area contributed by atoms with E-state index in [1.165, 1.54) is 0 Å². The maximum Gasteiger partial charge on any atom is 0.249 e. The molecule has 5 nitrogen and oxygen atoms in total. The first-order chi connectivity index (χ1) is 9.72. The van der Waals surface area contributed by atoms with E-state index in [2.05, 4.69) is 15.1 Å². The van der Waals surface area contributed by atoms with Crippen molar-refractivity contribution in [3.63, 3.8) is 0 Å². The third kappa shape index (κ3) is 3.00. The number of likely N-dealkylation sites (tertiary alicyclic amines) is 1. The summed E-state index contributed by atoms with van der Waals surface area (Å²) in [6, 6.07) is 7.39. The second kappa shape index (κ2) is 5.91. The number of aromatic nitrogens is 2. The molecule has 1 aliphatic rings. The Morgan fingerprint density at radius 2 is 2.20 bits per heavy atom. The van der Waals surface area contributed by atoms with E-state index in [0.717, 1.165) is 24.9 Å². The molecule has 2 heterocycles. The highest BCUT2D eigenvalue weighted by Gasteiger charge is 2.20. The lowest BCUT2D eigenvalue weighted by atomic mass is 10.1. The molecule has 6 heteroatoms. The van der Waals surface area contributed by atoms with Gasteiger partial charge in [0.2, 0.25) is 11.8 Å². The summed E-state index contributed by atoms with van der Waals surface area (Å²) in [6.45, 7) is 2.17. The van der Waals surface area contributed by atoms with Gasteiger partial charge in [0.1, 0.15) is 0 Å². The molecule has 106 valence electrons. The van der Waals surface area contributed by atoms with E-state index in [1.807, 2.05) is 18.2 Å². The molecule has 2 aromatic rings. The third-order valence-electron chi connectivity index (χ3n) is 3.41. The maximum atomic E-state index is 9.65. The summed E-state index contributed by atoms with van der Waals surface area (Å²) in [5, 5.41) is 18.3. The van der Waals surface area contributed by atoms with Crippen molar-refractivity contribution < 1.29 is 9.52 Å². The van der Waals surface area contributed by atoms with E-state index in [1.54, 1.807) is 6.07 Å². The minimum atomic E-state index is -0.255. The molecule has 1 fully saturated rings. The molecule has 1 aliphatic heterocycles. The van der Waals surface area contributed by atoms with Crippen molar-refractivity contribution in [2.75, 3.05) is 13.1 Å². The lowest BCUT2D eigenvalue weighted by Gasteiger charge is -2.28. The van der Waals surface area contributed by atoms with E-state index in [9.17, 15) is 5.11 Å². The standard InChI is InChI=1S/C14H16ClN3O2/c15-12-6-2-1-5-11(12)14-17-16-13(20-14)9-18-7-3-4-10(19)8-18/h1-2,5-6,10,19H,3-4,7-9H2. The highest BCUT2D eigenvalue weighted by atomic mass is 35.5. The average molecular weight is 294 g/mol. The Hall–Kier alpha value is -1.43. The van der Waals surface area contributed by atoms with Gasteiger partial charge in [0.05, 0.1) is 23.2 Å². The van der Waals surface area contributed by atoms with Gasteiger partial charge < -0.3 is 9.52 Å². The Kier molecular flexibility index (Phi) is 4.00. The van der Waals surface area contributed by atoms with Crippen LogP contribution in [0.3, 0.4) is 0 Å². The molecule has 1 aromatic carbocycles. The minimum absolute atomic E-state index is 0.255. The molecule has 0 saturated carbocycles. The molecule has 1 atom stereocenters. The van der Waals surface area contributed by atoms with Crippen molar-refractivity contribution in [3.05, 3.63) is 35.2 Å². The van der Waals surface area contributed by atoms with Gasteiger partial charge in [0, 0.05) is 6.54 Å². The van der Waals surface area contributed by atoms with Gasteiger partial charge in [-0.05, 0) is 31.5 Å². The van der Waals surface area contributed by atoms with E-state index >= 15 is 0 Å². The topological polar surface area (TPSA) is 62.4 Å². The fourth-order valence-corrected chi connectivity index (χ4v) is 2.64. The van der Waals surface area contributed by atoms with Gasteiger partial charge >= 0.3 is 0 Å². The predicted molar refractivity (Wildman–Crippen MR) is 75.3 cm³/mol. The fourth-order valence-electron chi connectivity index (χ4n) is 2.43. The summed E-state index contributed by atoms with van der Waals surface area (Å²) in [6.07, 6.45) is 1.60. The number of hydrogen-bond donors (Lipinski definition) is 1. The second-order valence-electron chi connectivity index (χ2n) is 5.01. The number of rotatable bonds is 3. The molecular weight excluding hydrogens is 278 g/mol. The summed E-state index contributed by atoms with van der Waals surface area (Å²) in [5.74, 6) is 0.983. The maximum absolute atomic E-state index is 9.65. The molecule has 0 bridgehead atoms. The van der Waals surface area contributed by atoms with Gasteiger partial charge in [-0.2, -0.15) is 0 Å². The van der Waals surface area contributed by atoms with Crippen molar-refractivity contribution in [1.29, 1.82) is 0 Å². The first-order valence-electron chi connectivity index (χ1n) is 6.70. The Morgan fingerprint density at radius 1 is 1.35 bits per heavy atom. The van der Waals surface area contributed by atoms with Gasteiger partial charge in [-0.1, -0.05) is 23.7 Å². The SMILES string of the molecule is OC1CCCN(Cc2nnc(-c3ccccc3Cl)o2)C1. The molecule has 1 aromatic heterocycles. The largest absolute Gasteiger partial charge is 0.419 e. The molecular formula is C14H16ClN3O2. The van der Waals surface area contributed by atoms with Crippen LogP contribution in [0.25, 0.3) is 11.5 Å². The van der Waals surface area contributed by atoms with Crippen LogP contribution in [0, 0.1) is 0 Å². The first kappa shape index (κ1) is 13.5. The molecule has 1 N–H and O–H groups in total. The zero-order valence-corrected chi connectivity index (χ0v) is 11.8. The molecule has 0 radical (unpaired) electrons. The number of hydrogen-bond acceptors (Lipinski definition) is 5. The van der Waals surface area contributed by atoms with Gasteiger partial charge in [-0.15, -0.1) is 10.2 Å². The normalized spacial score (nSPS) is 20.2. The van der Waals surface area contributed by atoms with Crippen LogP contribution in [-0.2, 0) is 6.54 Å². The van der Waals surface area contributed by atoms with Crippen molar-refractivity contribution in [2.24, 2.45) is 0 Å². The van der Waals surface area contributed by atoms with Crippen LogP contribution in [0.1, 0.15) is 18.7 Å². The fraction of sp³-hybridized carbons (Fsp3) is 0.429. The number of nitrogens with zero attached hydrogens (tertiary/aromatic N) is 3. The summed E-state index contributed by atoms with van der Waals surface area (Å²) >= 11 is 6.11.